The zero-order valence-corrected chi connectivity index (χ0v) is 9.76. The highest BCUT2D eigenvalue weighted by Gasteiger charge is 2.33. The smallest absolute Gasteiger partial charge is 0.0771 e. The Balaban J connectivity index is 1.65. The minimum absolute atomic E-state index is 0.455. The normalized spacial score (nSPS) is 18.2. The number of aromatic nitrogens is 2. The summed E-state index contributed by atoms with van der Waals surface area (Å²) in [5.74, 6) is 0. The van der Waals surface area contributed by atoms with E-state index in [1.54, 1.807) is 0 Å². The van der Waals surface area contributed by atoms with Crippen LogP contribution in [0.3, 0.4) is 0 Å². The Hall–Kier alpha value is -1.39. The lowest BCUT2D eigenvalue weighted by atomic mass is 9.80. The third kappa shape index (κ3) is 2.06. The molecule has 0 aromatic carbocycles. The monoisotopic (exact) mass is 231 g/mol. The van der Waals surface area contributed by atoms with Gasteiger partial charge >= 0.3 is 0 Å². The van der Waals surface area contributed by atoms with E-state index in [1.165, 1.54) is 5.56 Å². The third-order valence-electron chi connectivity index (χ3n) is 3.56. The largest absolute Gasteiger partial charge is 0.389 e. The van der Waals surface area contributed by atoms with Crippen molar-refractivity contribution < 1.29 is 5.11 Å². The second-order valence-corrected chi connectivity index (χ2v) is 4.88. The Kier molecular flexibility index (Phi) is 2.61. The summed E-state index contributed by atoms with van der Waals surface area (Å²) in [7, 11) is 0. The zero-order valence-electron chi connectivity index (χ0n) is 9.76. The first-order valence-electron chi connectivity index (χ1n) is 6.11. The molecule has 2 aromatic heterocycles. The number of nitrogens with zero attached hydrogens (tertiary/aromatic N) is 2. The van der Waals surface area contributed by atoms with Crippen molar-refractivity contribution in [3.8, 4) is 0 Å². The maximum atomic E-state index is 9.97. The third-order valence-corrected chi connectivity index (χ3v) is 3.56. The van der Waals surface area contributed by atoms with E-state index in [0.29, 0.717) is 6.54 Å². The molecule has 2 aromatic rings. The van der Waals surface area contributed by atoms with Gasteiger partial charge in [0.15, 0.2) is 0 Å². The van der Waals surface area contributed by atoms with Crippen LogP contribution in [0.25, 0.3) is 5.52 Å². The molecule has 0 saturated heterocycles. The molecule has 1 aliphatic rings. The molecule has 2 N–H and O–H groups in total. The summed E-state index contributed by atoms with van der Waals surface area (Å²) in [5, 5.41) is 17.6. The van der Waals surface area contributed by atoms with Crippen LogP contribution in [0, 0.1) is 0 Å². The molecule has 0 unspecified atom stereocenters. The van der Waals surface area contributed by atoms with Crippen LogP contribution in [0.15, 0.2) is 30.6 Å². The van der Waals surface area contributed by atoms with Gasteiger partial charge in [0, 0.05) is 24.8 Å². The summed E-state index contributed by atoms with van der Waals surface area (Å²) in [6.07, 6.45) is 6.82. The van der Waals surface area contributed by atoms with E-state index in [2.05, 4.69) is 16.5 Å². The van der Waals surface area contributed by atoms with Crippen molar-refractivity contribution in [2.24, 2.45) is 0 Å². The van der Waals surface area contributed by atoms with Gasteiger partial charge in [-0.1, -0.05) is 6.07 Å². The SMILES string of the molecule is OC1(CNCc2cnn3ccccc23)CCC1. The van der Waals surface area contributed by atoms with Crippen LogP contribution < -0.4 is 5.32 Å². The number of fused-ring (bicyclic) bond motifs is 1. The van der Waals surface area contributed by atoms with E-state index >= 15 is 0 Å². The lowest BCUT2D eigenvalue weighted by molar-refractivity contribution is -0.0314. The molecular formula is C13H17N3O. The summed E-state index contributed by atoms with van der Waals surface area (Å²) < 4.78 is 1.87. The van der Waals surface area contributed by atoms with E-state index < -0.39 is 5.60 Å². The van der Waals surface area contributed by atoms with Crippen molar-refractivity contribution in [1.82, 2.24) is 14.9 Å². The van der Waals surface area contributed by atoms with Gasteiger partial charge < -0.3 is 10.4 Å². The second kappa shape index (κ2) is 4.13. The van der Waals surface area contributed by atoms with Crippen LogP contribution in [0.1, 0.15) is 24.8 Å². The van der Waals surface area contributed by atoms with Crippen LogP contribution >= 0.6 is 0 Å². The molecular weight excluding hydrogens is 214 g/mol. The zero-order chi connectivity index (χ0) is 11.7. The van der Waals surface area contributed by atoms with Crippen LogP contribution in [-0.2, 0) is 6.54 Å². The molecule has 90 valence electrons. The van der Waals surface area contributed by atoms with Crippen molar-refractivity contribution in [2.75, 3.05) is 6.54 Å². The van der Waals surface area contributed by atoms with E-state index in [9.17, 15) is 5.11 Å². The van der Waals surface area contributed by atoms with E-state index in [-0.39, 0.29) is 0 Å². The molecule has 0 radical (unpaired) electrons. The molecule has 1 aliphatic carbocycles. The maximum Gasteiger partial charge on any atom is 0.0771 e. The number of aliphatic hydroxyl groups is 1. The molecule has 0 atom stereocenters. The highest BCUT2D eigenvalue weighted by molar-refractivity contribution is 5.53. The van der Waals surface area contributed by atoms with Crippen LogP contribution in [0.2, 0.25) is 0 Å². The second-order valence-electron chi connectivity index (χ2n) is 4.88. The topological polar surface area (TPSA) is 49.6 Å². The number of pyridine rings is 1. The first-order valence-corrected chi connectivity index (χ1v) is 6.11. The average molecular weight is 231 g/mol. The number of rotatable bonds is 4. The van der Waals surface area contributed by atoms with E-state index in [4.69, 9.17) is 0 Å². The van der Waals surface area contributed by atoms with Crippen LogP contribution in [0.4, 0.5) is 0 Å². The molecule has 2 heterocycles. The molecule has 0 bridgehead atoms. The number of hydrogen-bond acceptors (Lipinski definition) is 3. The molecule has 1 saturated carbocycles. The summed E-state index contributed by atoms with van der Waals surface area (Å²) >= 11 is 0. The van der Waals surface area contributed by atoms with Crippen LogP contribution in [-0.4, -0.2) is 26.9 Å². The van der Waals surface area contributed by atoms with Crippen LogP contribution in [0.5, 0.6) is 0 Å². The van der Waals surface area contributed by atoms with Gasteiger partial charge in [-0.2, -0.15) is 5.10 Å². The minimum Gasteiger partial charge on any atom is -0.389 e. The fourth-order valence-electron chi connectivity index (χ4n) is 2.32. The molecule has 4 nitrogen and oxygen atoms in total. The Morgan fingerprint density at radius 1 is 1.41 bits per heavy atom. The number of nitrogens with one attached hydrogen (secondary N) is 1. The van der Waals surface area contributed by atoms with E-state index in [1.807, 2.05) is 29.0 Å². The Labute approximate surface area is 100 Å². The van der Waals surface area contributed by atoms with Crippen molar-refractivity contribution >= 4 is 5.52 Å². The molecule has 1 fully saturated rings. The average Bonchev–Trinajstić information content (AvgIpc) is 2.71. The van der Waals surface area contributed by atoms with Gasteiger partial charge in [0.1, 0.15) is 0 Å². The van der Waals surface area contributed by atoms with Gasteiger partial charge in [-0.05, 0) is 31.4 Å². The molecule has 0 spiro atoms. The molecule has 17 heavy (non-hydrogen) atoms. The minimum atomic E-state index is -0.455. The summed E-state index contributed by atoms with van der Waals surface area (Å²) in [4.78, 5) is 0. The van der Waals surface area contributed by atoms with Crippen molar-refractivity contribution in [3.63, 3.8) is 0 Å². The standard InChI is InChI=1S/C13H17N3O/c17-13(5-3-6-13)10-14-8-11-9-15-16-7-2-1-4-12(11)16/h1-2,4,7,9,14,17H,3,5-6,8,10H2. The van der Waals surface area contributed by atoms with Gasteiger partial charge in [-0.25, -0.2) is 4.52 Å². The highest BCUT2D eigenvalue weighted by Crippen LogP contribution is 2.30. The lowest BCUT2D eigenvalue weighted by Crippen LogP contribution is -2.45. The summed E-state index contributed by atoms with van der Waals surface area (Å²) in [6, 6.07) is 6.04. The fraction of sp³-hybridized carbons (Fsp3) is 0.462. The predicted octanol–water partition coefficient (Wildman–Crippen LogP) is 1.34. The summed E-state index contributed by atoms with van der Waals surface area (Å²) in [6.45, 7) is 1.44. The fourth-order valence-corrected chi connectivity index (χ4v) is 2.32. The molecule has 3 rings (SSSR count). The quantitative estimate of drug-likeness (QED) is 0.835. The number of hydrogen-bond donors (Lipinski definition) is 2. The van der Waals surface area contributed by atoms with Gasteiger partial charge in [0.2, 0.25) is 0 Å². The van der Waals surface area contributed by atoms with Crippen molar-refractivity contribution in [2.45, 2.75) is 31.4 Å². The van der Waals surface area contributed by atoms with Gasteiger partial charge in [-0.3, -0.25) is 0 Å². The molecule has 4 heteroatoms. The summed E-state index contributed by atoms with van der Waals surface area (Å²) in [5.41, 5.74) is 1.84. The van der Waals surface area contributed by atoms with Crippen molar-refractivity contribution in [1.29, 1.82) is 0 Å². The predicted molar refractivity (Wildman–Crippen MR) is 65.7 cm³/mol. The van der Waals surface area contributed by atoms with E-state index in [0.717, 1.165) is 31.3 Å². The van der Waals surface area contributed by atoms with Gasteiger partial charge in [-0.15, -0.1) is 0 Å². The Morgan fingerprint density at radius 3 is 3.06 bits per heavy atom. The Morgan fingerprint density at radius 2 is 2.29 bits per heavy atom. The Bertz CT molecular complexity index is 516. The molecule has 0 aliphatic heterocycles. The van der Waals surface area contributed by atoms with Gasteiger partial charge in [0.25, 0.3) is 0 Å². The van der Waals surface area contributed by atoms with Gasteiger partial charge in [0.05, 0.1) is 17.3 Å². The molecule has 0 amide bonds. The lowest BCUT2D eigenvalue weighted by Gasteiger charge is -2.36. The first-order chi connectivity index (χ1) is 8.27. The first kappa shape index (κ1) is 10.7. The van der Waals surface area contributed by atoms with Crippen molar-refractivity contribution in [3.05, 3.63) is 36.2 Å². The highest BCUT2D eigenvalue weighted by atomic mass is 16.3. The maximum absolute atomic E-state index is 9.97.